The molecule has 0 radical (unpaired) electrons. The van der Waals surface area contributed by atoms with Crippen LogP contribution in [0.3, 0.4) is 0 Å². The smallest absolute Gasteiger partial charge is 0.491 e. The zero-order valence-electron chi connectivity index (χ0n) is 8.42. The van der Waals surface area contributed by atoms with Crippen molar-refractivity contribution in [2.45, 2.75) is 13.8 Å². The van der Waals surface area contributed by atoms with E-state index in [0.717, 1.165) is 6.07 Å². The molecule has 0 atom stereocenters. The number of benzene rings is 1. The molecule has 3 nitrogen and oxygen atoms in total. The zero-order chi connectivity index (χ0) is 11.6. The Hall–Kier alpha value is -1.14. The summed E-state index contributed by atoms with van der Waals surface area (Å²) in [5.74, 6) is -2.68. The molecule has 0 bridgehead atoms. The lowest BCUT2D eigenvalue weighted by Crippen LogP contribution is -2.33. The SMILES string of the molecule is CCOc1c(B(O)O)cc(C)c(F)c1F. The van der Waals surface area contributed by atoms with Crippen molar-refractivity contribution < 1.29 is 23.6 Å². The van der Waals surface area contributed by atoms with E-state index in [-0.39, 0.29) is 17.6 Å². The minimum Gasteiger partial charge on any atom is -0.491 e. The van der Waals surface area contributed by atoms with Crippen molar-refractivity contribution in [2.75, 3.05) is 6.61 Å². The van der Waals surface area contributed by atoms with Gasteiger partial charge in [-0.15, -0.1) is 0 Å². The fourth-order valence-corrected chi connectivity index (χ4v) is 1.24. The van der Waals surface area contributed by atoms with Crippen LogP contribution in [0.15, 0.2) is 6.07 Å². The van der Waals surface area contributed by atoms with Crippen LogP contribution in [0, 0.1) is 18.6 Å². The Kier molecular flexibility index (Phi) is 3.65. The number of rotatable bonds is 3. The standard InChI is InChI=1S/C9H11BF2O3/c1-3-15-9-6(10(13)14)4-5(2)7(11)8(9)12/h4,13-14H,3H2,1-2H3. The van der Waals surface area contributed by atoms with Crippen LogP contribution in [0.1, 0.15) is 12.5 Å². The summed E-state index contributed by atoms with van der Waals surface area (Å²) in [6, 6.07) is 1.15. The van der Waals surface area contributed by atoms with Crippen LogP contribution in [0.25, 0.3) is 0 Å². The van der Waals surface area contributed by atoms with E-state index in [0.29, 0.717) is 0 Å². The van der Waals surface area contributed by atoms with Gasteiger partial charge in [0.1, 0.15) is 0 Å². The third-order valence-electron chi connectivity index (χ3n) is 1.94. The van der Waals surface area contributed by atoms with E-state index in [2.05, 4.69) is 0 Å². The summed E-state index contributed by atoms with van der Waals surface area (Å²) < 4.78 is 31.3. The van der Waals surface area contributed by atoms with Gasteiger partial charge in [0.2, 0.25) is 5.82 Å². The summed E-state index contributed by atoms with van der Waals surface area (Å²) in [6.45, 7) is 3.03. The molecule has 0 aliphatic rings. The van der Waals surface area contributed by atoms with Crippen molar-refractivity contribution in [3.63, 3.8) is 0 Å². The number of hydrogen-bond donors (Lipinski definition) is 2. The molecule has 0 aliphatic carbocycles. The van der Waals surface area contributed by atoms with E-state index in [4.69, 9.17) is 14.8 Å². The van der Waals surface area contributed by atoms with Gasteiger partial charge in [-0.3, -0.25) is 0 Å². The van der Waals surface area contributed by atoms with E-state index in [1.807, 2.05) is 0 Å². The Morgan fingerprint density at radius 1 is 1.33 bits per heavy atom. The van der Waals surface area contributed by atoms with Gasteiger partial charge in [-0.2, -0.15) is 4.39 Å². The van der Waals surface area contributed by atoms with Crippen molar-refractivity contribution in [1.82, 2.24) is 0 Å². The average molecular weight is 216 g/mol. The number of ether oxygens (including phenoxy) is 1. The van der Waals surface area contributed by atoms with E-state index in [1.165, 1.54) is 6.92 Å². The molecule has 0 spiro atoms. The summed E-state index contributed by atoms with van der Waals surface area (Å²) in [6.07, 6.45) is 0. The molecule has 1 rings (SSSR count). The molecule has 15 heavy (non-hydrogen) atoms. The fraction of sp³-hybridized carbons (Fsp3) is 0.333. The Morgan fingerprint density at radius 2 is 1.93 bits per heavy atom. The molecule has 0 aromatic heterocycles. The Morgan fingerprint density at radius 3 is 2.40 bits per heavy atom. The minimum atomic E-state index is -1.89. The topological polar surface area (TPSA) is 49.7 Å². The minimum absolute atomic E-state index is 0.000877. The predicted molar refractivity (Wildman–Crippen MR) is 52.1 cm³/mol. The van der Waals surface area contributed by atoms with Gasteiger partial charge in [0.15, 0.2) is 11.6 Å². The molecular weight excluding hydrogens is 205 g/mol. The van der Waals surface area contributed by atoms with Gasteiger partial charge >= 0.3 is 7.12 Å². The Bertz CT molecular complexity index is 369. The van der Waals surface area contributed by atoms with Gasteiger partial charge in [-0.05, 0) is 19.4 Å². The number of aryl methyl sites for hydroxylation is 1. The van der Waals surface area contributed by atoms with Gasteiger partial charge < -0.3 is 14.8 Å². The first-order valence-electron chi connectivity index (χ1n) is 4.46. The van der Waals surface area contributed by atoms with Crippen molar-refractivity contribution in [3.8, 4) is 5.75 Å². The Labute approximate surface area is 86.5 Å². The van der Waals surface area contributed by atoms with E-state index < -0.39 is 24.5 Å². The van der Waals surface area contributed by atoms with Crippen LogP contribution < -0.4 is 10.2 Å². The molecule has 1 aromatic carbocycles. The maximum Gasteiger partial charge on any atom is 0.492 e. The highest BCUT2D eigenvalue weighted by Gasteiger charge is 2.24. The number of hydrogen-bond acceptors (Lipinski definition) is 3. The third-order valence-corrected chi connectivity index (χ3v) is 1.94. The largest absolute Gasteiger partial charge is 0.492 e. The quantitative estimate of drug-likeness (QED) is 0.716. The van der Waals surface area contributed by atoms with Gasteiger partial charge in [0.05, 0.1) is 6.61 Å². The molecule has 1 aromatic rings. The third kappa shape index (κ3) is 2.27. The monoisotopic (exact) mass is 216 g/mol. The second-order valence-corrected chi connectivity index (χ2v) is 3.05. The van der Waals surface area contributed by atoms with Crippen LogP contribution in [0.5, 0.6) is 5.75 Å². The van der Waals surface area contributed by atoms with Crippen LogP contribution in [0.4, 0.5) is 8.78 Å². The first-order valence-corrected chi connectivity index (χ1v) is 4.46. The van der Waals surface area contributed by atoms with E-state index >= 15 is 0 Å². The lowest BCUT2D eigenvalue weighted by molar-refractivity contribution is 0.314. The second kappa shape index (κ2) is 4.59. The van der Waals surface area contributed by atoms with Gasteiger partial charge in [0.25, 0.3) is 0 Å². The molecule has 2 N–H and O–H groups in total. The highest BCUT2D eigenvalue weighted by molar-refractivity contribution is 6.59. The zero-order valence-corrected chi connectivity index (χ0v) is 8.42. The van der Waals surface area contributed by atoms with Crippen molar-refractivity contribution in [1.29, 1.82) is 0 Å². The van der Waals surface area contributed by atoms with Gasteiger partial charge in [0, 0.05) is 5.46 Å². The summed E-state index contributed by atoms with van der Waals surface area (Å²) in [5.41, 5.74) is -0.174. The first-order chi connectivity index (χ1) is 6.99. The molecule has 0 unspecified atom stereocenters. The first kappa shape index (κ1) is 11.9. The maximum atomic E-state index is 13.3. The van der Waals surface area contributed by atoms with Crippen molar-refractivity contribution in [2.24, 2.45) is 0 Å². The lowest BCUT2D eigenvalue weighted by Gasteiger charge is -2.12. The normalized spacial score (nSPS) is 10.3. The summed E-state index contributed by atoms with van der Waals surface area (Å²) >= 11 is 0. The second-order valence-electron chi connectivity index (χ2n) is 3.05. The molecule has 0 amide bonds. The fourth-order valence-electron chi connectivity index (χ4n) is 1.24. The Balaban J connectivity index is 3.36. The summed E-state index contributed by atoms with van der Waals surface area (Å²) in [4.78, 5) is 0. The molecule has 82 valence electrons. The van der Waals surface area contributed by atoms with Crippen LogP contribution in [-0.4, -0.2) is 23.8 Å². The van der Waals surface area contributed by atoms with Crippen LogP contribution in [0.2, 0.25) is 0 Å². The van der Waals surface area contributed by atoms with E-state index in [9.17, 15) is 8.78 Å². The molecule has 0 saturated carbocycles. The van der Waals surface area contributed by atoms with Gasteiger partial charge in [-0.1, -0.05) is 6.07 Å². The van der Waals surface area contributed by atoms with Crippen molar-refractivity contribution in [3.05, 3.63) is 23.3 Å². The number of halogens is 2. The molecular formula is C9H11BF2O3. The highest BCUT2D eigenvalue weighted by Crippen LogP contribution is 2.20. The predicted octanol–water partition coefficient (Wildman–Crippen LogP) is 0.352. The van der Waals surface area contributed by atoms with Crippen LogP contribution in [-0.2, 0) is 0 Å². The molecule has 6 heteroatoms. The summed E-state index contributed by atoms with van der Waals surface area (Å²) in [5, 5.41) is 17.9. The van der Waals surface area contributed by atoms with E-state index in [1.54, 1.807) is 6.92 Å². The van der Waals surface area contributed by atoms with Gasteiger partial charge in [-0.25, -0.2) is 4.39 Å². The van der Waals surface area contributed by atoms with Crippen LogP contribution >= 0.6 is 0 Å². The molecule has 0 fully saturated rings. The van der Waals surface area contributed by atoms with Crippen molar-refractivity contribution >= 4 is 12.6 Å². The molecule has 0 aliphatic heterocycles. The summed E-state index contributed by atoms with van der Waals surface area (Å²) in [7, 11) is -1.89. The maximum absolute atomic E-state index is 13.3. The highest BCUT2D eigenvalue weighted by atomic mass is 19.2. The molecule has 0 saturated heterocycles. The molecule has 0 heterocycles. The average Bonchev–Trinajstić information content (AvgIpc) is 2.18. The lowest BCUT2D eigenvalue weighted by atomic mass is 9.78.